The summed E-state index contributed by atoms with van der Waals surface area (Å²) in [6.45, 7) is 3.41. The number of carbonyl (C=O) groups is 2. The van der Waals surface area contributed by atoms with Crippen LogP contribution in [0.1, 0.15) is 35.3 Å². The topological polar surface area (TPSA) is 53.5 Å². The minimum atomic E-state index is -0.385. The summed E-state index contributed by atoms with van der Waals surface area (Å²) in [5.41, 5.74) is 4.96. The molecule has 1 fully saturated rings. The molecule has 2 heterocycles. The van der Waals surface area contributed by atoms with Crippen LogP contribution in [-0.2, 0) is 22.4 Å². The van der Waals surface area contributed by atoms with E-state index in [0.29, 0.717) is 13.1 Å². The van der Waals surface area contributed by atoms with Gasteiger partial charge in [-0.1, -0.05) is 30.3 Å². The molecule has 0 bridgehead atoms. The van der Waals surface area contributed by atoms with Crippen LogP contribution < -0.4 is 0 Å². The molecule has 1 aromatic heterocycles. The number of aryl methyl sites for hydroxylation is 2. The van der Waals surface area contributed by atoms with Crippen LogP contribution in [0.15, 0.2) is 42.6 Å². The van der Waals surface area contributed by atoms with Crippen molar-refractivity contribution in [2.24, 2.45) is 0 Å². The highest BCUT2D eigenvalue weighted by Gasteiger charge is 2.36. The number of hydrogen-bond donors (Lipinski definition) is 0. The van der Waals surface area contributed by atoms with Gasteiger partial charge in [0.1, 0.15) is 6.04 Å². The number of pyridine rings is 1. The highest BCUT2D eigenvalue weighted by atomic mass is 16.1. The molecule has 1 aromatic carbocycles. The smallest absolute Gasteiger partial charge is 0.210 e. The monoisotopic (exact) mass is 349 g/mol. The third kappa shape index (κ3) is 2.92. The van der Waals surface area contributed by atoms with E-state index < -0.39 is 0 Å². The number of benzene rings is 1. The molecule has 134 valence electrons. The number of piperazine rings is 1. The lowest BCUT2D eigenvalue weighted by atomic mass is 9.95. The molecule has 1 saturated heterocycles. The molecule has 1 amide bonds. The number of hydrogen-bond acceptors (Lipinski definition) is 4. The van der Waals surface area contributed by atoms with Gasteiger partial charge in [-0.3, -0.25) is 19.5 Å². The summed E-state index contributed by atoms with van der Waals surface area (Å²) in [7, 11) is 0. The highest BCUT2D eigenvalue weighted by Crippen LogP contribution is 2.36. The number of amides is 1. The van der Waals surface area contributed by atoms with Gasteiger partial charge in [0.2, 0.25) is 6.41 Å². The first-order valence-corrected chi connectivity index (χ1v) is 9.16. The quantitative estimate of drug-likeness (QED) is 0.796. The van der Waals surface area contributed by atoms with Crippen molar-refractivity contribution in [1.82, 2.24) is 14.8 Å². The summed E-state index contributed by atoms with van der Waals surface area (Å²) < 4.78 is 0. The van der Waals surface area contributed by atoms with Crippen LogP contribution in [0.3, 0.4) is 0 Å². The minimum absolute atomic E-state index is 0.0283. The van der Waals surface area contributed by atoms with Crippen LogP contribution in [0.5, 0.6) is 0 Å². The fourth-order valence-corrected chi connectivity index (χ4v) is 4.26. The Hall–Kier alpha value is -2.53. The van der Waals surface area contributed by atoms with Gasteiger partial charge in [-0.25, -0.2) is 0 Å². The lowest BCUT2D eigenvalue weighted by molar-refractivity contribution is -0.133. The van der Waals surface area contributed by atoms with Gasteiger partial charge >= 0.3 is 0 Å². The molecule has 0 N–H and O–H groups in total. The van der Waals surface area contributed by atoms with E-state index in [1.54, 1.807) is 11.8 Å². The number of nitrogens with zero attached hydrogens (tertiary/aromatic N) is 3. The molecule has 5 heteroatoms. The maximum atomic E-state index is 12.1. The van der Waals surface area contributed by atoms with E-state index >= 15 is 0 Å². The van der Waals surface area contributed by atoms with Crippen LogP contribution in [0.4, 0.5) is 0 Å². The van der Waals surface area contributed by atoms with Gasteiger partial charge in [-0.2, -0.15) is 0 Å². The van der Waals surface area contributed by atoms with Crippen molar-refractivity contribution in [3.63, 3.8) is 0 Å². The molecular formula is C21H23N3O2. The van der Waals surface area contributed by atoms with Crippen molar-refractivity contribution >= 4 is 12.2 Å². The normalized spacial score (nSPS) is 22.9. The van der Waals surface area contributed by atoms with E-state index in [4.69, 9.17) is 4.98 Å². The Morgan fingerprint density at radius 1 is 1.12 bits per heavy atom. The third-order valence-corrected chi connectivity index (χ3v) is 5.62. The zero-order valence-corrected chi connectivity index (χ0v) is 15.0. The van der Waals surface area contributed by atoms with Gasteiger partial charge in [0.25, 0.3) is 0 Å². The summed E-state index contributed by atoms with van der Waals surface area (Å²) in [5, 5.41) is 0. The summed E-state index contributed by atoms with van der Waals surface area (Å²) >= 11 is 0. The van der Waals surface area contributed by atoms with Crippen LogP contribution in [0.25, 0.3) is 0 Å². The van der Waals surface area contributed by atoms with Crippen molar-refractivity contribution < 1.29 is 9.59 Å². The first-order chi connectivity index (χ1) is 12.7. The lowest BCUT2D eigenvalue weighted by Crippen LogP contribution is -2.56. The summed E-state index contributed by atoms with van der Waals surface area (Å²) in [5.74, 6) is 0.0324. The summed E-state index contributed by atoms with van der Waals surface area (Å²) in [6, 6.07) is 12.3. The van der Waals surface area contributed by atoms with Crippen molar-refractivity contribution in [3.8, 4) is 0 Å². The largest absolute Gasteiger partial charge is 0.333 e. The zero-order valence-electron chi connectivity index (χ0n) is 15.0. The predicted molar refractivity (Wildman–Crippen MR) is 98.7 cm³/mol. The zero-order chi connectivity index (χ0) is 18.1. The number of Topliss-reactive ketones (excluding diaryl/α,β-unsaturated/α-hetero) is 1. The van der Waals surface area contributed by atoms with Crippen molar-refractivity contribution in [1.29, 1.82) is 0 Å². The van der Waals surface area contributed by atoms with Gasteiger partial charge in [-0.05, 0) is 42.5 Å². The number of aromatic nitrogens is 1. The molecule has 0 radical (unpaired) electrons. The molecule has 2 aromatic rings. The molecule has 26 heavy (non-hydrogen) atoms. The fourth-order valence-electron chi connectivity index (χ4n) is 4.26. The maximum absolute atomic E-state index is 12.1. The van der Waals surface area contributed by atoms with Gasteiger partial charge in [0.15, 0.2) is 5.78 Å². The Bertz CT molecular complexity index is 788. The van der Waals surface area contributed by atoms with Gasteiger partial charge < -0.3 is 4.90 Å². The van der Waals surface area contributed by atoms with E-state index in [2.05, 4.69) is 35.2 Å². The summed E-state index contributed by atoms with van der Waals surface area (Å²) in [6.07, 6.45) is 4.62. The van der Waals surface area contributed by atoms with E-state index in [-0.39, 0.29) is 17.9 Å². The van der Waals surface area contributed by atoms with Gasteiger partial charge in [0.05, 0.1) is 11.7 Å². The first-order valence-electron chi connectivity index (χ1n) is 9.16. The molecule has 4 rings (SSSR count). The van der Waals surface area contributed by atoms with Gasteiger partial charge in [-0.15, -0.1) is 0 Å². The molecule has 2 aliphatic rings. The second-order valence-electron chi connectivity index (χ2n) is 7.11. The second kappa shape index (κ2) is 7.00. The molecule has 5 nitrogen and oxygen atoms in total. The molecular weight excluding hydrogens is 326 g/mol. The van der Waals surface area contributed by atoms with E-state index in [9.17, 15) is 9.59 Å². The van der Waals surface area contributed by atoms with E-state index in [1.165, 1.54) is 16.7 Å². The number of ketones is 1. The second-order valence-corrected chi connectivity index (χ2v) is 7.11. The van der Waals surface area contributed by atoms with E-state index in [1.807, 2.05) is 12.3 Å². The molecule has 0 saturated carbocycles. The fraction of sp³-hybridized carbons (Fsp3) is 0.381. The van der Waals surface area contributed by atoms with Crippen molar-refractivity contribution in [2.45, 2.75) is 31.8 Å². The van der Waals surface area contributed by atoms with Crippen molar-refractivity contribution in [3.05, 3.63) is 65.0 Å². The Morgan fingerprint density at radius 3 is 2.69 bits per heavy atom. The predicted octanol–water partition coefficient (Wildman–Crippen LogP) is 2.00. The molecule has 2 atom stereocenters. The molecule has 2 unspecified atom stereocenters. The Labute approximate surface area is 153 Å². The standard InChI is InChI=1S/C21H23N3O2/c1-15(26)19-13-23(11-12-24(19)14-25)21-18-7-3-2-5-16(18)8-9-17-6-4-10-22-20(17)21/h2-7,10,14,19,21H,8-9,11-13H2,1H3. The molecule has 1 aliphatic heterocycles. The first kappa shape index (κ1) is 16.9. The van der Waals surface area contributed by atoms with E-state index in [0.717, 1.165) is 31.5 Å². The van der Waals surface area contributed by atoms with Gasteiger partial charge in [0, 0.05) is 25.8 Å². The average molecular weight is 349 g/mol. The summed E-state index contributed by atoms with van der Waals surface area (Å²) in [4.78, 5) is 32.1. The number of carbonyl (C=O) groups excluding carboxylic acids is 2. The highest BCUT2D eigenvalue weighted by molar-refractivity contribution is 5.83. The van der Waals surface area contributed by atoms with Crippen LogP contribution in [-0.4, -0.2) is 52.7 Å². The van der Waals surface area contributed by atoms with Crippen molar-refractivity contribution in [2.75, 3.05) is 19.6 Å². The molecule has 1 aliphatic carbocycles. The maximum Gasteiger partial charge on any atom is 0.210 e. The molecule has 0 spiro atoms. The Morgan fingerprint density at radius 2 is 1.88 bits per heavy atom. The minimum Gasteiger partial charge on any atom is -0.333 e. The SMILES string of the molecule is CC(=O)C1CN(C2c3ccccc3CCc3cccnc32)CCN1C=O. The van der Waals surface area contributed by atoms with Crippen LogP contribution >= 0.6 is 0 Å². The van der Waals surface area contributed by atoms with Crippen LogP contribution in [0.2, 0.25) is 0 Å². The Kier molecular flexibility index (Phi) is 4.55. The average Bonchev–Trinajstić information content (AvgIpc) is 2.84. The van der Waals surface area contributed by atoms with Crippen LogP contribution in [0, 0.1) is 0 Å². The third-order valence-electron chi connectivity index (χ3n) is 5.62. The number of fused-ring (bicyclic) bond motifs is 2. The number of rotatable bonds is 3. The Balaban J connectivity index is 1.78. The lowest BCUT2D eigenvalue weighted by Gasteiger charge is -2.42.